The van der Waals surface area contributed by atoms with Gasteiger partial charge >= 0.3 is 0 Å². The lowest BCUT2D eigenvalue weighted by atomic mass is 9.94. The van der Waals surface area contributed by atoms with E-state index in [4.69, 9.17) is 0 Å². The molecule has 15 heavy (non-hydrogen) atoms. The molecule has 2 atom stereocenters. The van der Waals surface area contributed by atoms with E-state index in [-0.39, 0.29) is 5.91 Å². The highest BCUT2D eigenvalue weighted by atomic mass is 16.2. The van der Waals surface area contributed by atoms with Crippen molar-refractivity contribution in [3.8, 4) is 0 Å². The van der Waals surface area contributed by atoms with E-state index in [2.05, 4.69) is 17.1 Å². The molecule has 1 amide bonds. The van der Waals surface area contributed by atoms with Gasteiger partial charge in [-0.15, -0.1) is 0 Å². The second-order valence-corrected chi connectivity index (χ2v) is 4.74. The number of hydrogen-bond acceptors (Lipinski definition) is 3. The Labute approximate surface area is 92.6 Å². The summed E-state index contributed by atoms with van der Waals surface area (Å²) in [5.74, 6) is 0.849. The van der Waals surface area contributed by atoms with Crippen molar-refractivity contribution in [1.29, 1.82) is 0 Å². The maximum Gasteiger partial charge on any atom is 0.236 e. The Kier molecular flexibility index (Phi) is 4.54. The Hall–Kier alpha value is -0.610. The van der Waals surface area contributed by atoms with Gasteiger partial charge in [-0.2, -0.15) is 0 Å². The van der Waals surface area contributed by atoms with E-state index in [1.165, 1.54) is 6.42 Å². The maximum absolute atomic E-state index is 11.6. The van der Waals surface area contributed by atoms with Gasteiger partial charge in [0.05, 0.1) is 6.54 Å². The summed E-state index contributed by atoms with van der Waals surface area (Å²) < 4.78 is 0. The van der Waals surface area contributed by atoms with Crippen molar-refractivity contribution in [3.05, 3.63) is 0 Å². The molecule has 0 aromatic carbocycles. The normalized spacial score (nSPS) is 26.7. The van der Waals surface area contributed by atoms with Crippen molar-refractivity contribution in [2.45, 2.75) is 19.4 Å². The highest BCUT2D eigenvalue weighted by molar-refractivity contribution is 5.77. The Balaban J connectivity index is 2.44. The molecular formula is C11H23N3O. The van der Waals surface area contributed by atoms with Crippen LogP contribution in [0.1, 0.15) is 13.3 Å². The molecule has 4 nitrogen and oxygen atoms in total. The van der Waals surface area contributed by atoms with Crippen molar-refractivity contribution >= 4 is 5.91 Å². The molecule has 1 heterocycles. The van der Waals surface area contributed by atoms with Crippen LogP contribution in [0.25, 0.3) is 0 Å². The molecule has 0 saturated carbocycles. The lowest BCUT2D eigenvalue weighted by Crippen LogP contribution is -2.51. The van der Waals surface area contributed by atoms with Crippen LogP contribution in [0.4, 0.5) is 0 Å². The fourth-order valence-corrected chi connectivity index (χ4v) is 2.04. The molecule has 0 aliphatic carbocycles. The average Bonchev–Trinajstić information content (AvgIpc) is 2.18. The van der Waals surface area contributed by atoms with Crippen LogP contribution in [0.5, 0.6) is 0 Å². The van der Waals surface area contributed by atoms with Crippen LogP contribution >= 0.6 is 0 Å². The average molecular weight is 213 g/mol. The number of nitrogens with zero attached hydrogens (tertiary/aromatic N) is 2. The molecule has 1 aliphatic rings. The summed E-state index contributed by atoms with van der Waals surface area (Å²) in [7, 11) is 5.65. The largest absolute Gasteiger partial charge is 0.348 e. The molecule has 0 radical (unpaired) electrons. The first-order chi connectivity index (χ1) is 7.02. The summed E-state index contributed by atoms with van der Waals surface area (Å²) >= 11 is 0. The fraction of sp³-hybridized carbons (Fsp3) is 0.909. The second kappa shape index (κ2) is 5.47. The Morgan fingerprint density at radius 1 is 1.40 bits per heavy atom. The van der Waals surface area contributed by atoms with Gasteiger partial charge in [0.15, 0.2) is 0 Å². The summed E-state index contributed by atoms with van der Waals surface area (Å²) in [6.07, 6.45) is 1.20. The molecule has 1 fully saturated rings. The standard InChI is InChI=1S/C11H23N3O/c1-9-5-6-12-7-10(9)14(4)8-11(15)13(2)3/h9-10,12H,5-8H2,1-4H3. The smallest absolute Gasteiger partial charge is 0.236 e. The molecule has 4 heteroatoms. The molecule has 1 saturated heterocycles. The van der Waals surface area contributed by atoms with Crippen LogP contribution in [0, 0.1) is 5.92 Å². The summed E-state index contributed by atoms with van der Waals surface area (Å²) in [6.45, 7) is 4.89. The topological polar surface area (TPSA) is 35.6 Å². The molecule has 0 bridgehead atoms. The van der Waals surface area contributed by atoms with E-state index in [9.17, 15) is 4.79 Å². The summed E-state index contributed by atoms with van der Waals surface area (Å²) in [4.78, 5) is 15.4. The van der Waals surface area contributed by atoms with Gasteiger partial charge in [-0.05, 0) is 25.9 Å². The third-order valence-electron chi connectivity index (χ3n) is 3.24. The van der Waals surface area contributed by atoms with Crippen molar-refractivity contribution in [2.75, 3.05) is 40.8 Å². The van der Waals surface area contributed by atoms with Crippen molar-refractivity contribution < 1.29 is 4.79 Å². The van der Waals surface area contributed by atoms with E-state index in [0.29, 0.717) is 18.5 Å². The summed E-state index contributed by atoms with van der Waals surface area (Å²) in [5, 5.41) is 3.38. The highest BCUT2D eigenvalue weighted by Gasteiger charge is 2.25. The zero-order valence-corrected chi connectivity index (χ0v) is 10.3. The maximum atomic E-state index is 11.6. The van der Waals surface area contributed by atoms with Crippen LogP contribution in [0.15, 0.2) is 0 Å². The van der Waals surface area contributed by atoms with Crippen LogP contribution in [-0.4, -0.2) is 62.5 Å². The Morgan fingerprint density at radius 2 is 2.07 bits per heavy atom. The molecule has 1 N–H and O–H groups in total. The molecule has 0 aromatic rings. The minimum absolute atomic E-state index is 0.176. The molecule has 0 spiro atoms. The van der Waals surface area contributed by atoms with Crippen LogP contribution in [-0.2, 0) is 4.79 Å². The minimum atomic E-state index is 0.176. The van der Waals surface area contributed by atoms with Crippen molar-refractivity contribution in [1.82, 2.24) is 15.1 Å². The van der Waals surface area contributed by atoms with Gasteiger partial charge in [0.2, 0.25) is 5.91 Å². The highest BCUT2D eigenvalue weighted by Crippen LogP contribution is 2.16. The lowest BCUT2D eigenvalue weighted by Gasteiger charge is -2.36. The number of amides is 1. The first kappa shape index (κ1) is 12.5. The minimum Gasteiger partial charge on any atom is -0.348 e. The number of likely N-dealkylation sites (N-methyl/N-ethyl adjacent to an activating group) is 2. The van der Waals surface area contributed by atoms with Crippen LogP contribution in [0.2, 0.25) is 0 Å². The lowest BCUT2D eigenvalue weighted by molar-refractivity contribution is -0.130. The SMILES string of the molecule is CC1CCNCC1N(C)CC(=O)N(C)C. The quantitative estimate of drug-likeness (QED) is 0.717. The number of piperidine rings is 1. The zero-order valence-electron chi connectivity index (χ0n) is 10.3. The first-order valence-electron chi connectivity index (χ1n) is 5.63. The fourth-order valence-electron chi connectivity index (χ4n) is 2.04. The third-order valence-corrected chi connectivity index (χ3v) is 3.24. The molecule has 0 aromatic heterocycles. The predicted octanol–water partition coefficient (Wildman–Crippen LogP) is 0.00440. The van der Waals surface area contributed by atoms with E-state index >= 15 is 0 Å². The van der Waals surface area contributed by atoms with Gasteiger partial charge in [-0.25, -0.2) is 0 Å². The van der Waals surface area contributed by atoms with Crippen molar-refractivity contribution in [3.63, 3.8) is 0 Å². The predicted molar refractivity (Wildman–Crippen MR) is 61.8 cm³/mol. The monoisotopic (exact) mass is 213 g/mol. The second-order valence-electron chi connectivity index (χ2n) is 4.74. The summed E-state index contributed by atoms with van der Waals surface area (Å²) in [5.41, 5.74) is 0. The van der Waals surface area contributed by atoms with Gasteiger partial charge < -0.3 is 10.2 Å². The molecule has 88 valence electrons. The van der Waals surface area contributed by atoms with Crippen LogP contribution < -0.4 is 5.32 Å². The van der Waals surface area contributed by atoms with Gasteiger partial charge in [-0.3, -0.25) is 9.69 Å². The molecular weight excluding hydrogens is 190 g/mol. The number of rotatable bonds is 3. The van der Waals surface area contributed by atoms with E-state index < -0.39 is 0 Å². The van der Waals surface area contributed by atoms with Crippen molar-refractivity contribution in [2.24, 2.45) is 5.92 Å². The molecule has 1 rings (SSSR count). The van der Waals surface area contributed by atoms with Gasteiger partial charge in [0.1, 0.15) is 0 Å². The number of nitrogens with one attached hydrogen (secondary N) is 1. The van der Waals surface area contributed by atoms with E-state index in [0.717, 1.165) is 13.1 Å². The van der Waals surface area contributed by atoms with Gasteiger partial charge in [0.25, 0.3) is 0 Å². The van der Waals surface area contributed by atoms with Gasteiger partial charge in [0, 0.05) is 26.7 Å². The Bertz CT molecular complexity index is 218. The summed E-state index contributed by atoms with van der Waals surface area (Å²) in [6, 6.07) is 0.489. The Morgan fingerprint density at radius 3 is 2.60 bits per heavy atom. The van der Waals surface area contributed by atoms with Gasteiger partial charge in [-0.1, -0.05) is 6.92 Å². The number of carbonyl (C=O) groups excluding carboxylic acids is 1. The zero-order chi connectivity index (χ0) is 11.4. The van der Waals surface area contributed by atoms with E-state index in [1.54, 1.807) is 19.0 Å². The van der Waals surface area contributed by atoms with E-state index in [1.807, 2.05) is 7.05 Å². The first-order valence-corrected chi connectivity index (χ1v) is 5.63. The number of hydrogen-bond donors (Lipinski definition) is 1. The molecule has 1 aliphatic heterocycles. The number of carbonyl (C=O) groups is 1. The van der Waals surface area contributed by atoms with Crippen LogP contribution in [0.3, 0.4) is 0 Å². The molecule has 2 unspecified atom stereocenters. The third kappa shape index (κ3) is 3.47.